The molecule has 2 amide bonds. The lowest BCUT2D eigenvalue weighted by Crippen LogP contribution is -2.45. The van der Waals surface area contributed by atoms with Gasteiger partial charge in [-0.25, -0.2) is 0 Å². The molecule has 3 aliphatic heterocycles. The monoisotopic (exact) mass is 634 g/mol. The molecule has 45 heavy (non-hydrogen) atoms. The molecular formula is C33H43FN6O4Si. The number of aliphatic hydroxyl groups is 1. The fourth-order valence-electron chi connectivity index (χ4n) is 7.57. The lowest BCUT2D eigenvalue weighted by Gasteiger charge is -2.31. The highest BCUT2D eigenvalue weighted by Gasteiger charge is 2.66. The Hall–Kier alpha value is -3.45. The van der Waals surface area contributed by atoms with Crippen LogP contribution in [0.3, 0.4) is 0 Å². The molecule has 0 saturated carbocycles. The number of nitrogens with one attached hydrogen (secondary N) is 2. The first-order valence-electron chi connectivity index (χ1n) is 16.0. The van der Waals surface area contributed by atoms with Gasteiger partial charge in [0.15, 0.2) is 5.60 Å². The maximum absolute atomic E-state index is 16.3. The summed E-state index contributed by atoms with van der Waals surface area (Å²) in [5, 5.41) is 23.9. The van der Waals surface area contributed by atoms with Crippen molar-refractivity contribution in [3.8, 4) is 0 Å². The van der Waals surface area contributed by atoms with Crippen LogP contribution in [0.25, 0.3) is 0 Å². The highest BCUT2D eigenvalue weighted by molar-refractivity contribution is 6.72. The molecule has 12 heteroatoms. The van der Waals surface area contributed by atoms with Gasteiger partial charge < -0.3 is 29.5 Å². The molecule has 5 atom stereocenters. The van der Waals surface area contributed by atoms with Crippen molar-refractivity contribution in [2.24, 2.45) is 11.8 Å². The summed E-state index contributed by atoms with van der Waals surface area (Å²) in [5.41, 5.74) is 1.79. The molecule has 2 saturated heterocycles. The summed E-state index contributed by atoms with van der Waals surface area (Å²) in [6.45, 7) is 7.64. The Bertz CT molecular complexity index is 1520. The van der Waals surface area contributed by atoms with E-state index in [2.05, 4.69) is 20.9 Å². The van der Waals surface area contributed by atoms with E-state index in [4.69, 9.17) is 4.74 Å². The molecular weight excluding hydrogens is 591 g/mol. The van der Waals surface area contributed by atoms with Gasteiger partial charge in [-0.05, 0) is 62.7 Å². The van der Waals surface area contributed by atoms with Gasteiger partial charge in [0.1, 0.15) is 0 Å². The molecule has 1 unspecified atom stereocenters. The van der Waals surface area contributed by atoms with Crippen LogP contribution in [0.15, 0.2) is 54.7 Å². The fraction of sp³-hybridized carbons (Fsp3) is 0.515. The molecule has 1 aromatic heterocycles. The maximum atomic E-state index is 16.3. The number of fused-ring (bicyclic) bond motifs is 2. The number of hydrogen-bond donors (Lipinski definition) is 3. The number of aryl methyl sites for hydroxylation is 1. The number of carbonyl (C=O) groups is 2. The molecule has 3 aliphatic rings. The molecule has 3 aromatic rings. The number of rotatable bonds is 10. The number of aliphatic hydroxyl groups excluding tert-OH is 1. The van der Waals surface area contributed by atoms with Crippen LogP contribution in [0.5, 0.6) is 0 Å². The number of aromatic nitrogens is 3. The van der Waals surface area contributed by atoms with Crippen LogP contribution in [0.2, 0.25) is 18.6 Å². The molecule has 1 spiro atoms. The van der Waals surface area contributed by atoms with Crippen LogP contribution in [-0.4, -0.2) is 66.1 Å². The largest absolute Gasteiger partial charge is 0.396 e. The first-order valence-corrected chi connectivity index (χ1v) is 19.0. The van der Waals surface area contributed by atoms with E-state index >= 15 is 4.11 Å². The second kappa shape index (κ2) is 12.7. The van der Waals surface area contributed by atoms with Gasteiger partial charge in [-0.1, -0.05) is 42.5 Å². The summed E-state index contributed by atoms with van der Waals surface area (Å²) in [5.74, 6) is -0.829. The number of carbonyl (C=O) groups excluding carboxylic acids is 2. The zero-order chi connectivity index (χ0) is 31.8. The van der Waals surface area contributed by atoms with Crippen LogP contribution in [0, 0.1) is 11.8 Å². The number of hydrogen-bond acceptors (Lipinski definition) is 7. The highest BCUT2D eigenvalue weighted by atomic mass is 28.4. The van der Waals surface area contributed by atoms with Crippen molar-refractivity contribution in [1.29, 1.82) is 0 Å². The Morgan fingerprint density at radius 3 is 2.76 bits per heavy atom. The SMILES string of the molecule is C[C@@H]1[C@@H]([Si](C)(C)F)[C@H](CCn2cc(CCO)nn2)O[C@@]12C(=O)N(Cc1ccccc1)c1ccc(NC(=O)C3CCCNC3)cc12. The van der Waals surface area contributed by atoms with Crippen LogP contribution >= 0.6 is 0 Å². The van der Waals surface area contributed by atoms with Crippen molar-refractivity contribution in [1.82, 2.24) is 20.3 Å². The summed E-state index contributed by atoms with van der Waals surface area (Å²) < 4.78 is 24.9. The number of halogens is 1. The second-order valence-corrected chi connectivity index (χ2v) is 16.9. The molecule has 2 aromatic carbocycles. The summed E-state index contributed by atoms with van der Waals surface area (Å²) in [6.07, 6.45) is 3.88. The van der Waals surface area contributed by atoms with Crippen molar-refractivity contribution in [3.63, 3.8) is 0 Å². The van der Waals surface area contributed by atoms with E-state index < -0.39 is 31.6 Å². The minimum Gasteiger partial charge on any atom is -0.396 e. The van der Waals surface area contributed by atoms with Gasteiger partial charge in [0.05, 0.1) is 29.9 Å². The van der Waals surface area contributed by atoms with Crippen molar-refractivity contribution in [3.05, 3.63) is 71.5 Å². The molecule has 0 radical (unpaired) electrons. The van der Waals surface area contributed by atoms with Crippen LogP contribution in [0.1, 0.15) is 43.0 Å². The molecule has 2 fully saturated rings. The second-order valence-electron chi connectivity index (χ2n) is 13.1. The molecule has 3 N–H and O–H groups in total. The standard InChI is InChI=1S/C33H43FN6O4Si/c1-22-30(45(2,3)34)29(13-16-39-21-26(14-17-41)37-38-39)44-33(22)27-18-25(36-31(42)24-10-7-15-35-19-24)11-12-28(27)40(32(33)43)20-23-8-5-4-6-9-23/h4-6,8-9,11-12,18,21-22,24,29-30,35,41H,7,10,13-17,19-20H2,1-3H3,(H,36,42)/t22-,24?,29+,30-,33+/m1/s1. The van der Waals surface area contributed by atoms with E-state index in [1.807, 2.05) is 55.5 Å². The Balaban J connectivity index is 1.36. The normalized spacial score (nSPS) is 26.4. The van der Waals surface area contributed by atoms with E-state index in [9.17, 15) is 14.7 Å². The quantitative estimate of drug-likeness (QED) is 0.226. The zero-order valence-corrected chi connectivity index (χ0v) is 27.2. The molecule has 4 heterocycles. The minimum absolute atomic E-state index is 0.0187. The van der Waals surface area contributed by atoms with E-state index in [0.717, 1.165) is 30.6 Å². The third-order valence-electron chi connectivity index (χ3n) is 9.68. The Morgan fingerprint density at radius 1 is 1.24 bits per heavy atom. The van der Waals surface area contributed by atoms with Gasteiger partial charge in [-0.15, -0.1) is 5.10 Å². The van der Waals surface area contributed by atoms with Crippen LogP contribution < -0.4 is 15.5 Å². The molecule has 0 bridgehead atoms. The van der Waals surface area contributed by atoms with Gasteiger partial charge in [-0.3, -0.25) is 14.3 Å². The van der Waals surface area contributed by atoms with Gasteiger partial charge >= 0.3 is 0 Å². The predicted octanol–water partition coefficient (Wildman–Crippen LogP) is 4.16. The number of piperidine rings is 1. The summed E-state index contributed by atoms with van der Waals surface area (Å²) >= 11 is 0. The van der Waals surface area contributed by atoms with Crippen molar-refractivity contribution >= 4 is 31.6 Å². The predicted molar refractivity (Wildman–Crippen MR) is 172 cm³/mol. The third kappa shape index (κ3) is 6.08. The molecule has 240 valence electrons. The lowest BCUT2D eigenvalue weighted by molar-refractivity contribution is -0.146. The Labute approximate surface area is 264 Å². The average Bonchev–Trinajstić information content (AvgIpc) is 3.67. The summed E-state index contributed by atoms with van der Waals surface area (Å²) in [6, 6.07) is 15.4. The van der Waals surface area contributed by atoms with E-state index in [0.29, 0.717) is 49.4 Å². The molecule has 0 aliphatic carbocycles. The Morgan fingerprint density at radius 2 is 2.04 bits per heavy atom. The fourth-order valence-corrected chi connectivity index (χ4v) is 10.1. The first-order chi connectivity index (χ1) is 21.6. The number of amides is 2. The first kappa shape index (κ1) is 31.5. The number of benzene rings is 2. The molecule has 6 rings (SSSR count). The van der Waals surface area contributed by atoms with Crippen molar-refractivity contribution in [2.75, 3.05) is 29.9 Å². The molecule has 10 nitrogen and oxygen atoms in total. The number of nitrogens with zero attached hydrogens (tertiary/aromatic N) is 4. The summed E-state index contributed by atoms with van der Waals surface area (Å²) in [7, 11) is -3.35. The minimum atomic E-state index is -3.35. The lowest BCUT2D eigenvalue weighted by atomic mass is 9.82. The smallest absolute Gasteiger partial charge is 0.264 e. The van der Waals surface area contributed by atoms with Crippen LogP contribution in [-0.2, 0) is 39.4 Å². The van der Waals surface area contributed by atoms with E-state index in [1.165, 1.54) is 0 Å². The average molecular weight is 635 g/mol. The van der Waals surface area contributed by atoms with E-state index in [-0.39, 0.29) is 24.3 Å². The Kier molecular flexibility index (Phi) is 8.93. The maximum Gasteiger partial charge on any atom is 0.264 e. The van der Waals surface area contributed by atoms with Gasteiger partial charge in [0.2, 0.25) is 14.3 Å². The zero-order valence-electron chi connectivity index (χ0n) is 26.2. The van der Waals surface area contributed by atoms with Crippen LogP contribution in [0.4, 0.5) is 15.5 Å². The number of ether oxygens (including phenoxy) is 1. The third-order valence-corrected chi connectivity index (χ3v) is 12.1. The van der Waals surface area contributed by atoms with Crippen molar-refractivity contribution in [2.45, 2.75) is 76.0 Å². The topological polar surface area (TPSA) is 122 Å². The van der Waals surface area contributed by atoms with Gasteiger partial charge in [0.25, 0.3) is 5.91 Å². The van der Waals surface area contributed by atoms with Gasteiger partial charge in [0, 0.05) is 55.0 Å². The van der Waals surface area contributed by atoms with E-state index in [1.54, 1.807) is 28.9 Å². The summed E-state index contributed by atoms with van der Waals surface area (Å²) in [4.78, 5) is 29.6. The van der Waals surface area contributed by atoms with Gasteiger partial charge in [-0.2, -0.15) is 0 Å². The highest BCUT2D eigenvalue weighted by Crippen LogP contribution is 2.60. The number of anilines is 2. The van der Waals surface area contributed by atoms with Crippen molar-refractivity contribution < 1.29 is 23.5 Å².